The van der Waals surface area contributed by atoms with Crippen molar-refractivity contribution in [1.82, 2.24) is 9.80 Å². The molecule has 1 saturated heterocycles. The van der Waals surface area contributed by atoms with E-state index in [-0.39, 0.29) is 43.3 Å². The van der Waals surface area contributed by atoms with Crippen LogP contribution < -0.4 is 4.74 Å². The molecule has 2 aromatic carbocycles. The van der Waals surface area contributed by atoms with Crippen LogP contribution in [0.25, 0.3) is 0 Å². The van der Waals surface area contributed by atoms with Crippen LogP contribution in [0.4, 0.5) is 4.39 Å². The Morgan fingerprint density at radius 2 is 1.85 bits per heavy atom. The Morgan fingerprint density at radius 1 is 1.12 bits per heavy atom. The number of rotatable bonds is 9. The molecule has 3 rings (SSSR count). The van der Waals surface area contributed by atoms with Gasteiger partial charge in [0.25, 0.3) is 0 Å². The third-order valence-electron chi connectivity index (χ3n) is 5.90. The summed E-state index contributed by atoms with van der Waals surface area (Å²) in [5.41, 5.74) is 1.77. The number of amides is 1. The highest BCUT2D eigenvalue weighted by Crippen LogP contribution is 2.26. The number of ether oxygens (including phenoxy) is 1. The fourth-order valence-electron chi connectivity index (χ4n) is 4.07. The molecule has 2 atom stereocenters. The third-order valence-corrected chi connectivity index (χ3v) is 6.13. The Balaban J connectivity index is 1.61. The van der Waals surface area contributed by atoms with Gasteiger partial charge in [0.2, 0.25) is 5.91 Å². The number of carbonyl (C=O) groups is 2. The Hall–Kier alpha value is -2.64. The van der Waals surface area contributed by atoms with Crippen molar-refractivity contribution in [3.63, 3.8) is 0 Å². The van der Waals surface area contributed by atoms with Gasteiger partial charge in [0, 0.05) is 48.7 Å². The van der Waals surface area contributed by atoms with Gasteiger partial charge in [-0.1, -0.05) is 29.8 Å². The second-order valence-electron chi connectivity index (χ2n) is 8.57. The van der Waals surface area contributed by atoms with E-state index in [4.69, 9.17) is 21.4 Å². The largest absolute Gasteiger partial charge is 0.493 e. The van der Waals surface area contributed by atoms with Gasteiger partial charge in [-0.15, -0.1) is 0 Å². The van der Waals surface area contributed by atoms with Crippen molar-refractivity contribution >= 4 is 23.5 Å². The maximum absolute atomic E-state index is 13.2. The molecule has 0 spiro atoms. The summed E-state index contributed by atoms with van der Waals surface area (Å²) >= 11 is 6.10. The SMILES string of the molecule is CC1CN(C(=O)Cc2ccc(Cl)cc2OCCCC(=O)O)C(C)CN1Cc1ccc(F)cc1. The van der Waals surface area contributed by atoms with Gasteiger partial charge in [0.15, 0.2) is 0 Å². The van der Waals surface area contributed by atoms with E-state index in [0.29, 0.717) is 30.3 Å². The Bertz CT molecular complexity index is 969. The molecule has 178 valence electrons. The summed E-state index contributed by atoms with van der Waals surface area (Å²) in [6, 6.07) is 11.9. The first-order valence-electron chi connectivity index (χ1n) is 11.1. The lowest BCUT2D eigenvalue weighted by Crippen LogP contribution is -2.57. The molecular formula is C25H30ClFN2O4. The molecule has 0 radical (unpaired) electrons. The van der Waals surface area contributed by atoms with Gasteiger partial charge in [0.1, 0.15) is 11.6 Å². The molecule has 1 fully saturated rings. The van der Waals surface area contributed by atoms with Crippen molar-refractivity contribution in [3.05, 3.63) is 64.4 Å². The fraction of sp³-hybridized carbons (Fsp3) is 0.440. The summed E-state index contributed by atoms with van der Waals surface area (Å²) in [6.07, 6.45) is 0.576. The van der Waals surface area contributed by atoms with Gasteiger partial charge < -0.3 is 14.7 Å². The van der Waals surface area contributed by atoms with Gasteiger partial charge in [0.05, 0.1) is 13.0 Å². The van der Waals surface area contributed by atoms with Gasteiger partial charge in [-0.2, -0.15) is 0 Å². The number of benzene rings is 2. The number of aliphatic carboxylic acids is 1. The quantitative estimate of drug-likeness (QED) is 0.544. The van der Waals surface area contributed by atoms with Crippen molar-refractivity contribution in [1.29, 1.82) is 0 Å². The van der Waals surface area contributed by atoms with E-state index < -0.39 is 5.97 Å². The summed E-state index contributed by atoms with van der Waals surface area (Å²) in [7, 11) is 0. The molecule has 0 bridgehead atoms. The van der Waals surface area contributed by atoms with Crippen LogP contribution in [-0.4, -0.2) is 58.6 Å². The van der Waals surface area contributed by atoms with Crippen LogP contribution in [0.5, 0.6) is 5.75 Å². The van der Waals surface area contributed by atoms with Crippen LogP contribution in [0.1, 0.15) is 37.8 Å². The number of hydrogen-bond donors (Lipinski definition) is 1. The molecule has 0 saturated carbocycles. The minimum absolute atomic E-state index is 0.00786. The lowest BCUT2D eigenvalue weighted by atomic mass is 10.0. The smallest absolute Gasteiger partial charge is 0.303 e. The number of carboxylic acids is 1. The first-order valence-corrected chi connectivity index (χ1v) is 11.5. The molecule has 0 aliphatic carbocycles. The molecule has 33 heavy (non-hydrogen) atoms. The van der Waals surface area contributed by atoms with Crippen LogP contribution >= 0.6 is 11.6 Å². The topological polar surface area (TPSA) is 70.1 Å². The van der Waals surface area contributed by atoms with Crippen LogP contribution in [0.2, 0.25) is 5.02 Å². The third kappa shape index (κ3) is 7.17. The summed E-state index contributed by atoms with van der Waals surface area (Å²) in [5, 5.41) is 9.28. The number of hydrogen-bond acceptors (Lipinski definition) is 4. The molecular weight excluding hydrogens is 447 g/mol. The lowest BCUT2D eigenvalue weighted by molar-refractivity contribution is -0.137. The maximum Gasteiger partial charge on any atom is 0.303 e. The van der Waals surface area contributed by atoms with Crippen LogP contribution in [-0.2, 0) is 22.6 Å². The zero-order valence-corrected chi connectivity index (χ0v) is 19.7. The molecule has 1 aliphatic heterocycles. The first-order chi connectivity index (χ1) is 15.7. The molecule has 2 aromatic rings. The minimum atomic E-state index is -0.873. The zero-order chi connectivity index (χ0) is 24.0. The van der Waals surface area contributed by atoms with Gasteiger partial charge in [-0.3, -0.25) is 14.5 Å². The van der Waals surface area contributed by atoms with Crippen LogP contribution in [0, 0.1) is 5.82 Å². The van der Waals surface area contributed by atoms with Crippen molar-refractivity contribution in [2.75, 3.05) is 19.7 Å². The van der Waals surface area contributed by atoms with Gasteiger partial charge in [-0.25, -0.2) is 4.39 Å². The van der Waals surface area contributed by atoms with E-state index in [1.54, 1.807) is 30.3 Å². The standard InChI is InChI=1S/C25H30ClFN2O4/c1-17-15-29(18(2)14-28(17)16-19-5-9-22(27)10-6-19)24(30)12-20-7-8-21(26)13-23(20)33-11-3-4-25(31)32/h5-10,13,17-18H,3-4,11-12,14-16H2,1-2H3,(H,31,32). The number of carboxylic acid groups (broad SMARTS) is 1. The maximum atomic E-state index is 13.2. The predicted octanol–water partition coefficient (Wildman–Crippen LogP) is 4.39. The fourth-order valence-corrected chi connectivity index (χ4v) is 4.23. The summed E-state index contributed by atoms with van der Waals surface area (Å²) in [4.78, 5) is 28.1. The normalized spacial score (nSPS) is 18.8. The van der Waals surface area contributed by atoms with E-state index in [2.05, 4.69) is 11.8 Å². The Kier molecular flexibility index (Phi) is 8.69. The highest BCUT2D eigenvalue weighted by molar-refractivity contribution is 6.30. The van der Waals surface area contributed by atoms with E-state index in [0.717, 1.165) is 17.7 Å². The van der Waals surface area contributed by atoms with Crippen molar-refractivity contribution < 1.29 is 23.8 Å². The van der Waals surface area contributed by atoms with E-state index in [1.165, 1.54) is 12.1 Å². The van der Waals surface area contributed by atoms with Crippen molar-refractivity contribution in [3.8, 4) is 5.75 Å². The van der Waals surface area contributed by atoms with E-state index >= 15 is 0 Å². The van der Waals surface area contributed by atoms with Gasteiger partial charge in [-0.05, 0) is 50.1 Å². The van der Waals surface area contributed by atoms with Crippen LogP contribution in [0.3, 0.4) is 0 Å². The molecule has 2 unspecified atom stereocenters. The molecule has 8 heteroatoms. The van der Waals surface area contributed by atoms with Crippen molar-refractivity contribution in [2.45, 2.75) is 51.7 Å². The van der Waals surface area contributed by atoms with Gasteiger partial charge >= 0.3 is 5.97 Å². The molecule has 1 aliphatic rings. The number of halogens is 2. The van der Waals surface area contributed by atoms with E-state index in [9.17, 15) is 14.0 Å². The summed E-state index contributed by atoms with van der Waals surface area (Å²) in [5.74, 6) is -0.602. The molecule has 1 N–H and O–H groups in total. The molecule has 1 amide bonds. The molecule has 1 heterocycles. The first kappa shape index (κ1) is 25.0. The van der Waals surface area contributed by atoms with Crippen molar-refractivity contribution in [2.24, 2.45) is 0 Å². The Labute approximate surface area is 198 Å². The zero-order valence-electron chi connectivity index (χ0n) is 19.0. The summed E-state index contributed by atoms with van der Waals surface area (Å²) < 4.78 is 18.9. The van der Waals surface area contributed by atoms with Crippen LogP contribution in [0.15, 0.2) is 42.5 Å². The number of piperazine rings is 1. The number of nitrogens with zero attached hydrogens (tertiary/aromatic N) is 2. The predicted molar refractivity (Wildman–Crippen MR) is 125 cm³/mol. The Morgan fingerprint density at radius 3 is 2.55 bits per heavy atom. The molecule has 0 aromatic heterocycles. The summed E-state index contributed by atoms with van der Waals surface area (Å²) in [6.45, 7) is 6.40. The monoisotopic (exact) mass is 476 g/mol. The highest BCUT2D eigenvalue weighted by Gasteiger charge is 2.32. The number of carbonyl (C=O) groups excluding carboxylic acids is 1. The average Bonchev–Trinajstić information content (AvgIpc) is 2.76. The lowest BCUT2D eigenvalue weighted by Gasteiger charge is -2.44. The highest BCUT2D eigenvalue weighted by atomic mass is 35.5. The second-order valence-corrected chi connectivity index (χ2v) is 9.01. The average molecular weight is 477 g/mol. The minimum Gasteiger partial charge on any atom is -0.493 e. The van der Waals surface area contributed by atoms with E-state index in [1.807, 2.05) is 11.8 Å². The molecule has 6 nitrogen and oxygen atoms in total. The second kappa shape index (κ2) is 11.5.